The van der Waals surface area contributed by atoms with E-state index in [0.29, 0.717) is 6.54 Å². The van der Waals surface area contributed by atoms with Gasteiger partial charge in [-0.15, -0.1) is 0 Å². The second-order valence-corrected chi connectivity index (χ2v) is 5.36. The summed E-state index contributed by atoms with van der Waals surface area (Å²) in [6.07, 6.45) is 8.05. The Kier molecular flexibility index (Phi) is 2.82. The van der Waals surface area contributed by atoms with Crippen molar-refractivity contribution in [2.45, 2.75) is 6.42 Å². The molecule has 1 N–H and O–H groups in total. The van der Waals surface area contributed by atoms with Crippen molar-refractivity contribution >= 4 is 5.91 Å². The zero-order valence-corrected chi connectivity index (χ0v) is 12.2. The lowest BCUT2D eigenvalue weighted by atomic mass is 10.00. The van der Waals surface area contributed by atoms with E-state index >= 15 is 0 Å². The predicted octanol–water partition coefficient (Wildman–Crippen LogP) is 1.56. The van der Waals surface area contributed by atoms with Crippen molar-refractivity contribution in [1.82, 2.24) is 24.4 Å². The van der Waals surface area contributed by atoms with Gasteiger partial charge in [-0.3, -0.25) is 9.36 Å². The van der Waals surface area contributed by atoms with Crippen molar-refractivity contribution in [3.05, 3.63) is 54.2 Å². The first-order valence-corrected chi connectivity index (χ1v) is 7.15. The largest absolute Gasteiger partial charge is 0.352 e. The summed E-state index contributed by atoms with van der Waals surface area (Å²) >= 11 is 0. The molecule has 1 aromatic carbocycles. The molecule has 0 bridgehead atoms. The van der Waals surface area contributed by atoms with Gasteiger partial charge in [0, 0.05) is 37.2 Å². The molecule has 0 radical (unpaired) electrons. The highest BCUT2D eigenvalue weighted by Crippen LogP contribution is 2.23. The van der Waals surface area contributed by atoms with Crippen LogP contribution in [0.1, 0.15) is 15.9 Å². The number of hydrogen-bond donors (Lipinski definition) is 1. The molecule has 2 aromatic heterocycles. The van der Waals surface area contributed by atoms with Gasteiger partial charge in [0.05, 0.1) is 12.5 Å². The fourth-order valence-corrected chi connectivity index (χ4v) is 2.82. The van der Waals surface area contributed by atoms with Crippen molar-refractivity contribution in [3.63, 3.8) is 0 Å². The van der Waals surface area contributed by atoms with Crippen LogP contribution in [0.25, 0.3) is 17.2 Å². The molecule has 0 aliphatic carbocycles. The average molecular weight is 293 g/mol. The fourth-order valence-electron chi connectivity index (χ4n) is 2.82. The van der Waals surface area contributed by atoms with Crippen LogP contribution in [0.2, 0.25) is 0 Å². The smallest absolute Gasteiger partial charge is 0.251 e. The first-order valence-electron chi connectivity index (χ1n) is 7.15. The molecule has 3 heterocycles. The number of carbonyl (C=O) groups excluding carboxylic acids is 1. The van der Waals surface area contributed by atoms with Crippen molar-refractivity contribution in [2.24, 2.45) is 7.05 Å². The van der Waals surface area contributed by atoms with Crippen LogP contribution < -0.4 is 5.32 Å². The van der Waals surface area contributed by atoms with E-state index in [1.54, 1.807) is 18.7 Å². The zero-order chi connectivity index (χ0) is 15.1. The van der Waals surface area contributed by atoms with Gasteiger partial charge in [0.25, 0.3) is 5.91 Å². The minimum atomic E-state index is -0.00898. The SMILES string of the molecule is Cn1cncc1-c1nccn1-c1ccc2c(c1)C(=O)NCC2. The first-order chi connectivity index (χ1) is 10.7. The molecule has 1 aliphatic heterocycles. The summed E-state index contributed by atoms with van der Waals surface area (Å²) in [5.41, 5.74) is 3.68. The summed E-state index contributed by atoms with van der Waals surface area (Å²) in [5, 5.41) is 2.88. The third kappa shape index (κ3) is 1.92. The summed E-state index contributed by atoms with van der Waals surface area (Å²) in [7, 11) is 1.93. The molecule has 1 aliphatic rings. The van der Waals surface area contributed by atoms with E-state index in [4.69, 9.17) is 0 Å². The predicted molar refractivity (Wildman–Crippen MR) is 81.8 cm³/mol. The first kappa shape index (κ1) is 12.8. The molecule has 3 aromatic rings. The number of nitrogens with one attached hydrogen (secondary N) is 1. The van der Waals surface area contributed by atoms with Crippen LogP contribution in [-0.2, 0) is 13.5 Å². The molecule has 6 heteroatoms. The Morgan fingerprint density at radius 2 is 2.23 bits per heavy atom. The average Bonchev–Trinajstić information content (AvgIpc) is 3.15. The monoisotopic (exact) mass is 293 g/mol. The number of fused-ring (bicyclic) bond motifs is 1. The summed E-state index contributed by atoms with van der Waals surface area (Å²) in [4.78, 5) is 20.6. The van der Waals surface area contributed by atoms with Gasteiger partial charge in [0.1, 0.15) is 5.69 Å². The van der Waals surface area contributed by atoms with E-state index in [-0.39, 0.29) is 5.91 Å². The van der Waals surface area contributed by atoms with E-state index < -0.39 is 0 Å². The van der Waals surface area contributed by atoms with Crippen LogP contribution in [0.15, 0.2) is 43.1 Å². The quantitative estimate of drug-likeness (QED) is 0.780. The van der Waals surface area contributed by atoms with E-state index in [2.05, 4.69) is 15.3 Å². The molecule has 0 atom stereocenters. The van der Waals surface area contributed by atoms with Crippen LogP contribution in [0.3, 0.4) is 0 Å². The lowest BCUT2D eigenvalue weighted by Gasteiger charge is -2.18. The molecular formula is C16H15N5O. The Morgan fingerprint density at radius 3 is 3.05 bits per heavy atom. The molecule has 0 fully saturated rings. The number of nitrogens with zero attached hydrogens (tertiary/aromatic N) is 4. The van der Waals surface area contributed by atoms with Gasteiger partial charge >= 0.3 is 0 Å². The van der Waals surface area contributed by atoms with Gasteiger partial charge in [-0.2, -0.15) is 0 Å². The summed E-state index contributed by atoms with van der Waals surface area (Å²) in [5.74, 6) is 0.793. The lowest BCUT2D eigenvalue weighted by molar-refractivity contribution is 0.0946. The molecule has 1 amide bonds. The standard InChI is InChI=1S/C16H15N5O/c1-20-10-17-9-14(20)15-18-6-7-21(15)12-3-2-11-4-5-19-16(22)13(11)8-12/h2-3,6-10H,4-5H2,1H3,(H,19,22). The molecule has 4 rings (SSSR count). The summed E-state index contributed by atoms with van der Waals surface area (Å²) < 4.78 is 3.89. The molecule has 0 saturated heterocycles. The Morgan fingerprint density at radius 1 is 1.32 bits per heavy atom. The molecule has 0 saturated carbocycles. The minimum Gasteiger partial charge on any atom is -0.352 e. The van der Waals surface area contributed by atoms with Crippen LogP contribution in [0, 0.1) is 0 Å². The van der Waals surface area contributed by atoms with Gasteiger partial charge in [-0.1, -0.05) is 6.07 Å². The van der Waals surface area contributed by atoms with Gasteiger partial charge in [0.2, 0.25) is 0 Å². The Labute approximate surface area is 127 Å². The third-order valence-electron chi connectivity index (χ3n) is 3.98. The molecular weight excluding hydrogens is 278 g/mol. The van der Waals surface area contributed by atoms with E-state index in [1.165, 1.54) is 0 Å². The molecule has 0 unspecified atom stereocenters. The fraction of sp³-hybridized carbons (Fsp3) is 0.188. The number of aryl methyl sites for hydroxylation is 1. The Balaban J connectivity index is 1.84. The second kappa shape index (κ2) is 4.84. The van der Waals surface area contributed by atoms with Crippen molar-refractivity contribution in [3.8, 4) is 17.2 Å². The van der Waals surface area contributed by atoms with Crippen LogP contribution >= 0.6 is 0 Å². The van der Waals surface area contributed by atoms with E-state index in [0.717, 1.165) is 34.8 Å². The third-order valence-corrected chi connectivity index (χ3v) is 3.98. The number of amides is 1. The summed E-state index contributed by atoms with van der Waals surface area (Å²) in [6, 6.07) is 5.97. The van der Waals surface area contributed by atoms with Gasteiger partial charge in [-0.05, 0) is 24.1 Å². The van der Waals surface area contributed by atoms with Crippen LogP contribution in [0.5, 0.6) is 0 Å². The topological polar surface area (TPSA) is 64.7 Å². The lowest BCUT2D eigenvalue weighted by Crippen LogP contribution is -2.31. The van der Waals surface area contributed by atoms with Crippen molar-refractivity contribution in [2.75, 3.05) is 6.54 Å². The highest BCUT2D eigenvalue weighted by molar-refractivity contribution is 5.97. The number of benzene rings is 1. The Bertz CT molecular complexity index is 861. The van der Waals surface area contributed by atoms with Crippen molar-refractivity contribution < 1.29 is 4.79 Å². The molecule has 22 heavy (non-hydrogen) atoms. The maximum atomic E-state index is 12.0. The Hall–Kier alpha value is -2.89. The van der Waals surface area contributed by atoms with Gasteiger partial charge in [0.15, 0.2) is 5.82 Å². The molecule has 6 nitrogen and oxygen atoms in total. The van der Waals surface area contributed by atoms with Crippen molar-refractivity contribution in [1.29, 1.82) is 0 Å². The van der Waals surface area contributed by atoms with Crippen LogP contribution in [0.4, 0.5) is 0 Å². The maximum Gasteiger partial charge on any atom is 0.251 e. The number of aromatic nitrogens is 4. The number of rotatable bonds is 2. The number of imidazole rings is 2. The van der Waals surface area contributed by atoms with E-state index in [1.807, 2.05) is 40.6 Å². The zero-order valence-electron chi connectivity index (χ0n) is 12.2. The number of hydrogen-bond acceptors (Lipinski definition) is 3. The second-order valence-electron chi connectivity index (χ2n) is 5.36. The van der Waals surface area contributed by atoms with Crippen LogP contribution in [-0.4, -0.2) is 31.6 Å². The maximum absolute atomic E-state index is 12.0. The molecule has 0 spiro atoms. The van der Waals surface area contributed by atoms with Gasteiger partial charge < -0.3 is 9.88 Å². The minimum absolute atomic E-state index is 0.00898. The van der Waals surface area contributed by atoms with Gasteiger partial charge in [-0.25, -0.2) is 9.97 Å². The molecule has 110 valence electrons. The summed E-state index contributed by atoms with van der Waals surface area (Å²) in [6.45, 7) is 0.705. The van der Waals surface area contributed by atoms with E-state index in [9.17, 15) is 4.79 Å². The highest BCUT2D eigenvalue weighted by Gasteiger charge is 2.18. The highest BCUT2D eigenvalue weighted by atomic mass is 16.1. The number of carbonyl (C=O) groups is 1. The normalized spacial score (nSPS) is 13.8.